The second-order valence-corrected chi connectivity index (χ2v) is 11.3. The lowest BCUT2D eigenvalue weighted by Gasteiger charge is -2.20. The Morgan fingerprint density at radius 3 is 2.09 bits per heavy atom. The van der Waals surface area contributed by atoms with E-state index in [2.05, 4.69) is 32.9 Å². The number of carboxylic acids is 1. The molecule has 0 saturated carbocycles. The first-order valence-corrected chi connectivity index (χ1v) is 12.7. The van der Waals surface area contributed by atoms with E-state index in [1.54, 1.807) is 53.2 Å². The molecule has 4 rings (SSSR count). The molecule has 0 unspecified atom stereocenters. The largest absolute Gasteiger partial charge is 0.478 e. The summed E-state index contributed by atoms with van der Waals surface area (Å²) < 4.78 is 25.6. The minimum Gasteiger partial charge on any atom is -0.478 e. The maximum Gasteiger partial charge on any atom is 0.335 e. The third-order valence-electron chi connectivity index (χ3n) is 5.67. The molecule has 1 heterocycles. The number of rotatable bonds is 5. The van der Waals surface area contributed by atoms with Crippen LogP contribution in [0.4, 0.5) is 0 Å². The molecule has 0 aliphatic rings. The van der Waals surface area contributed by atoms with Gasteiger partial charge in [-0.2, -0.15) is 5.10 Å². The molecule has 0 spiro atoms. The number of aromatic carboxylic acids is 1. The lowest BCUT2D eigenvalue weighted by atomic mass is 9.86. The molecule has 0 bridgehead atoms. The third kappa shape index (κ3) is 4.79. The van der Waals surface area contributed by atoms with Crippen molar-refractivity contribution in [1.29, 1.82) is 0 Å². The van der Waals surface area contributed by atoms with Crippen LogP contribution < -0.4 is 0 Å². The van der Waals surface area contributed by atoms with Crippen LogP contribution in [-0.2, 0) is 15.3 Å². The highest BCUT2D eigenvalue weighted by molar-refractivity contribution is 7.90. The van der Waals surface area contributed by atoms with Crippen molar-refractivity contribution in [3.8, 4) is 28.2 Å². The number of carbonyl (C=O) groups is 1. The minimum absolute atomic E-state index is 0.0342. The minimum atomic E-state index is -3.31. The smallest absolute Gasteiger partial charge is 0.335 e. The molecule has 6 nitrogen and oxygen atoms in total. The Labute approximate surface area is 199 Å². The molecule has 0 fully saturated rings. The highest BCUT2D eigenvalue weighted by Crippen LogP contribution is 2.32. The van der Waals surface area contributed by atoms with Gasteiger partial charge < -0.3 is 5.11 Å². The predicted molar refractivity (Wildman–Crippen MR) is 133 cm³/mol. The normalized spacial score (nSPS) is 12.0. The van der Waals surface area contributed by atoms with Crippen molar-refractivity contribution in [3.63, 3.8) is 0 Å². The number of sulfone groups is 1. The van der Waals surface area contributed by atoms with E-state index in [-0.39, 0.29) is 15.9 Å². The summed E-state index contributed by atoms with van der Waals surface area (Å²) in [4.78, 5) is 11.5. The highest BCUT2D eigenvalue weighted by atomic mass is 32.2. The molecule has 1 N–H and O–H groups in total. The SMILES string of the molecule is CC(C)(C)c1cccc(-c2cc(-c3ccc(C(=O)O)cc3)nn2-c2ccc(S(C)(=O)=O)cc2)c1. The molecule has 1 aromatic heterocycles. The van der Waals surface area contributed by atoms with E-state index in [0.717, 1.165) is 22.5 Å². The van der Waals surface area contributed by atoms with Gasteiger partial charge in [-0.3, -0.25) is 0 Å². The van der Waals surface area contributed by atoms with Crippen LogP contribution in [0.3, 0.4) is 0 Å². The Balaban J connectivity index is 1.88. The van der Waals surface area contributed by atoms with Gasteiger partial charge in [-0.1, -0.05) is 51.1 Å². The summed E-state index contributed by atoms with van der Waals surface area (Å²) in [6.07, 6.45) is 1.18. The molecule has 34 heavy (non-hydrogen) atoms. The van der Waals surface area contributed by atoms with Gasteiger partial charge in [0.25, 0.3) is 0 Å². The third-order valence-corrected chi connectivity index (χ3v) is 6.80. The quantitative estimate of drug-likeness (QED) is 0.406. The standard InChI is InChI=1S/C27H26N2O4S/c1-27(2,3)21-7-5-6-20(16-21)25-17-24(18-8-10-19(11-9-18)26(30)31)28-29(25)22-12-14-23(15-13-22)34(4,32)33/h5-17H,1-4H3,(H,30,31). The van der Waals surface area contributed by atoms with Crippen molar-refractivity contribution in [3.05, 3.63) is 90.0 Å². The molecule has 0 saturated heterocycles. The maximum atomic E-state index is 11.9. The van der Waals surface area contributed by atoms with Gasteiger partial charge in [-0.25, -0.2) is 17.9 Å². The van der Waals surface area contributed by atoms with E-state index < -0.39 is 15.8 Å². The summed E-state index contributed by atoms with van der Waals surface area (Å²) in [5, 5.41) is 14.0. The van der Waals surface area contributed by atoms with E-state index in [0.29, 0.717) is 5.69 Å². The Hall–Kier alpha value is -3.71. The highest BCUT2D eigenvalue weighted by Gasteiger charge is 2.18. The molecule has 0 atom stereocenters. The van der Waals surface area contributed by atoms with E-state index in [4.69, 9.17) is 5.10 Å². The molecule has 7 heteroatoms. The van der Waals surface area contributed by atoms with Crippen LogP contribution in [-0.4, -0.2) is 35.5 Å². The van der Waals surface area contributed by atoms with Gasteiger partial charge in [-0.05, 0) is 59.5 Å². The van der Waals surface area contributed by atoms with Crippen molar-refractivity contribution in [2.24, 2.45) is 0 Å². The molecule has 3 aromatic carbocycles. The predicted octanol–water partition coefficient (Wildman–Crippen LogP) is 5.61. The Kier molecular flexibility index (Phi) is 5.91. The van der Waals surface area contributed by atoms with Crippen LogP contribution >= 0.6 is 0 Å². The van der Waals surface area contributed by atoms with Crippen LogP contribution in [0, 0.1) is 0 Å². The second-order valence-electron chi connectivity index (χ2n) is 9.31. The van der Waals surface area contributed by atoms with Gasteiger partial charge in [0.1, 0.15) is 0 Å². The van der Waals surface area contributed by atoms with Crippen molar-refractivity contribution < 1.29 is 18.3 Å². The molecule has 0 radical (unpaired) electrons. The number of benzene rings is 3. The van der Waals surface area contributed by atoms with Gasteiger partial charge in [0, 0.05) is 17.4 Å². The number of hydrogen-bond acceptors (Lipinski definition) is 4. The summed E-state index contributed by atoms with van der Waals surface area (Å²) in [6, 6.07) is 23.4. The van der Waals surface area contributed by atoms with Crippen LogP contribution in [0.5, 0.6) is 0 Å². The Bertz CT molecular complexity index is 1460. The zero-order chi connectivity index (χ0) is 24.7. The first-order valence-electron chi connectivity index (χ1n) is 10.8. The van der Waals surface area contributed by atoms with Crippen molar-refractivity contribution in [2.75, 3.05) is 6.26 Å². The molecule has 0 aliphatic carbocycles. The van der Waals surface area contributed by atoms with Crippen molar-refractivity contribution >= 4 is 15.8 Å². The first kappa shape index (κ1) is 23.4. The fraction of sp³-hybridized carbons (Fsp3) is 0.185. The van der Waals surface area contributed by atoms with Crippen LogP contribution in [0.1, 0.15) is 36.7 Å². The van der Waals surface area contributed by atoms with Gasteiger partial charge in [0.05, 0.1) is 27.5 Å². The topological polar surface area (TPSA) is 89.3 Å². The number of hydrogen-bond donors (Lipinski definition) is 1. The average Bonchev–Trinajstić information content (AvgIpc) is 3.24. The Morgan fingerprint density at radius 2 is 1.53 bits per heavy atom. The number of nitrogens with zero attached hydrogens (tertiary/aromatic N) is 2. The molecule has 4 aromatic rings. The fourth-order valence-electron chi connectivity index (χ4n) is 3.69. The first-order chi connectivity index (χ1) is 15.9. The fourth-order valence-corrected chi connectivity index (χ4v) is 4.32. The van der Waals surface area contributed by atoms with Crippen molar-refractivity contribution in [1.82, 2.24) is 9.78 Å². The van der Waals surface area contributed by atoms with E-state index in [9.17, 15) is 18.3 Å². The van der Waals surface area contributed by atoms with Crippen LogP contribution in [0.15, 0.2) is 83.8 Å². The summed E-state index contributed by atoms with van der Waals surface area (Å²) in [5.41, 5.74) is 5.35. The zero-order valence-electron chi connectivity index (χ0n) is 19.5. The van der Waals surface area contributed by atoms with Crippen LogP contribution in [0.25, 0.3) is 28.2 Å². The number of aromatic nitrogens is 2. The second kappa shape index (κ2) is 8.57. The average molecular weight is 475 g/mol. The van der Waals surface area contributed by atoms with Gasteiger partial charge >= 0.3 is 5.97 Å². The lowest BCUT2D eigenvalue weighted by Crippen LogP contribution is -2.11. The molecule has 174 valence electrons. The monoisotopic (exact) mass is 474 g/mol. The molecule has 0 aliphatic heterocycles. The zero-order valence-corrected chi connectivity index (χ0v) is 20.3. The summed E-state index contributed by atoms with van der Waals surface area (Å²) >= 11 is 0. The maximum absolute atomic E-state index is 11.9. The number of carboxylic acid groups (broad SMARTS) is 1. The molecule has 0 amide bonds. The van der Waals surface area contributed by atoms with E-state index in [1.807, 2.05) is 18.2 Å². The summed E-state index contributed by atoms with van der Waals surface area (Å²) in [5.74, 6) is -0.984. The van der Waals surface area contributed by atoms with Gasteiger partial charge in [0.15, 0.2) is 9.84 Å². The van der Waals surface area contributed by atoms with Crippen molar-refractivity contribution in [2.45, 2.75) is 31.1 Å². The van der Waals surface area contributed by atoms with Crippen LogP contribution in [0.2, 0.25) is 0 Å². The van der Waals surface area contributed by atoms with Gasteiger partial charge in [-0.15, -0.1) is 0 Å². The van der Waals surface area contributed by atoms with E-state index >= 15 is 0 Å². The summed E-state index contributed by atoms with van der Waals surface area (Å²) in [6.45, 7) is 6.47. The Morgan fingerprint density at radius 1 is 0.882 bits per heavy atom. The lowest BCUT2D eigenvalue weighted by molar-refractivity contribution is 0.0697. The summed E-state index contributed by atoms with van der Waals surface area (Å²) in [7, 11) is -3.31. The van der Waals surface area contributed by atoms with E-state index in [1.165, 1.54) is 11.8 Å². The van der Waals surface area contributed by atoms with Gasteiger partial charge in [0.2, 0.25) is 0 Å². The molecular formula is C27H26N2O4S. The molecular weight excluding hydrogens is 448 g/mol.